The van der Waals surface area contributed by atoms with Crippen molar-refractivity contribution in [1.29, 1.82) is 0 Å². The Morgan fingerprint density at radius 2 is 1.80 bits per heavy atom. The Hall–Kier alpha value is -2.47. The van der Waals surface area contributed by atoms with Gasteiger partial charge in [-0.15, -0.1) is 0 Å². The third-order valence-corrected chi connectivity index (χ3v) is 5.21. The van der Waals surface area contributed by atoms with Crippen LogP contribution in [-0.2, 0) is 24.2 Å². The van der Waals surface area contributed by atoms with Crippen molar-refractivity contribution in [2.45, 2.75) is 32.0 Å². The predicted octanol–water partition coefficient (Wildman–Crippen LogP) is 4.12. The van der Waals surface area contributed by atoms with Crippen LogP contribution in [0.4, 0.5) is 4.39 Å². The molecule has 1 atom stereocenters. The molecule has 4 nitrogen and oxygen atoms in total. The van der Waals surface area contributed by atoms with Crippen LogP contribution in [0.2, 0.25) is 0 Å². The van der Waals surface area contributed by atoms with Gasteiger partial charge in [0.1, 0.15) is 5.82 Å². The minimum absolute atomic E-state index is 0.188. The van der Waals surface area contributed by atoms with Crippen LogP contribution in [-0.4, -0.2) is 47.5 Å². The van der Waals surface area contributed by atoms with Gasteiger partial charge in [0.15, 0.2) is 0 Å². The molecule has 3 rings (SSSR count). The Balaban J connectivity index is 1.66. The first kappa shape index (κ1) is 22.2. The van der Waals surface area contributed by atoms with Crippen LogP contribution in [0.5, 0.6) is 0 Å². The molecular weight excluding hydrogens is 379 g/mol. The van der Waals surface area contributed by atoms with Gasteiger partial charge in [0.05, 0.1) is 12.6 Å². The van der Waals surface area contributed by atoms with E-state index in [0.717, 1.165) is 24.2 Å². The number of nitrogens with zero attached hydrogens (tertiary/aromatic N) is 2. The Labute approximate surface area is 178 Å². The van der Waals surface area contributed by atoms with Crippen LogP contribution in [0, 0.1) is 5.82 Å². The summed E-state index contributed by atoms with van der Waals surface area (Å²) >= 11 is 0. The molecule has 1 N–H and O–H groups in total. The van der Waals surface area contributed by atoms with Gasteiger partial charge in [-0.05, 0) is 36.6 Å². The van der Waals surface area contributed by atoms with E-state index in [0.29, 0.717) is 38.2 Å². The summed E-state index contributed by atoms with van der Waals surface area (Å²) in [4.78, 5) is 2.25. The molecule has 0 fully saturated rings. The number of aliphatic hydroxyl groups is 1. The van der Waals surface area contributed by atoms with Crippen LogP contribution in [0.1, 0.15) is 23.2 Å². The summed E-state index contributed by atoms with van der Waals surface area (Å²) in [5, 5.41) is 10.7. The van der Waals surface area contributed by atoms with E-state index in [1.54, 1.807) is 13.2 Å². The minimum atomic E-state index is -0.454. The van der Waals surface area contributed by atoms with E-state index >= 15 is 0 Å². The lowest BCUT2D eigenvalue weighted by Crippen LogP contribution is -2.35. The van der Waals surface area contributed by atoms with Crippen LogP contribution in [0.15, 0.2) is 72.9 Å². The number of hydrogen-bond acceptors (Lipinski definition) is 3. The third kappa shape index (κ3) is 6.80. The highest BCUT2D eigenvalue weighted by molar-refractivity contribution is 5.20. The van der Waals surface area contributed by atoms with Gasteiger partial charge in [-0.1, -0.05) is 48.5 Å². The fourth-order valence-corrected chi connectivity index (χ4v) is 3.70. The van der Waals surface area contributed by atoms with Gasteiger partial charge < -0.3 is 14.4 Å². The summed E-state index contributed by atoms with van der Waals surface area (Å²) in [5.41, 5.74) is 2.90. The maximum absolute atomic E-state index is 14.1. The second-order valence-corrected chi connectivity index (χ2v) is 7.64. The SMILES string of the molecule is COCCCN(Cc1cccn1Cc1ccccc1F)CC(O)Cc1ccccc1. The van der Waals surface area contributed by atoms with Crippen LogP contribution in [0.3, 0.4) is 0 Å². The minimum Gasteiger partial charge on any atom is -0.391 e. The van der Waals surface area contributed by atoms with Crippen molar-refractivity contribution in [3.63, 3.8) is 0 Å². The van der Waals surface area contributed by atoms with Crippen molar-refractivity contribution in [1.82, 2.24) is 9.47 Å². The summed E-state index contributed by atoms with van der Waals surface area (Å²) in [7, 11) is 1.70. The highest BCUT2D eigenvalue weighted by atomic mass is 19.1. The molecule has 0 radical (unpaired) electrons. The van der Waals surface area contributed by atoms with Crippen LogP contribution in [0.25, 0.3) is 0 Å². The number of benzene rings is 2. The second kappa shape index (κ2) is 11.6. The molecule has 0 saturated carbocycles. The van der Waals surface area contributed by atoms with Gasteiger partial charge in [-0.2, -0.15) is 0 Å². The van der Waals surface area contributed by atoms with Gasteiger partial charge in [0, 0.05) is 50.8 Å². The lowest BCUT2D eigenvalue weighted by Gasteiger charge is -2.26. The molecule has 1 aromatic heterocycles. The molecule has 0 saturated heterocycles. The molecule has 0 amide bonds. The van der Waals surface area contributed by atoms with Crippen molar-refractivity contribution in [2.24, 2.45) is 0 Å². The van der Waals surface area contributed by atoms with Crippen molar-refractivity contribution in [3.05, 3.63) is 95.6 Å². The molecule has 5 heteroatoms. The normalized spacial score (nSPS) is 12.4. The fraction of sp³-hybridized carbons (Fsp3) is 0.360. The van der Waals surface area contributed by atoms with Crippen LogP contribution >= 0.6 is 0 Å². The number of halogens is 1. The molecule has 3 aromatic rings. The molecule has 2 aromatic carbocycles. The molecule has 1 heterocycles. The Morgan fingerprint density at radius 1 is 1.03 bits per heavy atom. The number of hydrogen-bond donors (Lipinski definition) is 1. The monoisotopic (exact) mass is 410 g/mol. The fourth-order valence-electron chi connectivity index (χ4n) is 3.70. The number of methoxy groups -OCH3 is 1. The van der Waals surface area contributed by atoms with E-state index in [9.17, 15) is 9.50 Å². The van der Waals surface area contributed by atoms with Gasteiger partial charge in [0.25, 0.3) is 0 Å². The number of rotatable bonds is 12. The van der Waals surface area contributed by atoms with E-state index < -0.39 is 6.10 Å². The highest BCUT2D eigenvalue weighted by Crippen LogP contribution is 2.14. The van der Waals surface area contributed by atoms with Crippen LogP contribution < -0.4 is 0 Å². The Morgan fingerprint density at radius 3 is 2.57 bits per heavy atom. The summed E-state index contributed by atoms with van der Waals surface area (Å²) in [6.45, 7) is 3.26. The smallest absolute Gasteiger partial charge is 0.128 e. The maximum Gasteiger partial charge on any atom is 0.128 e. The van der Waals surface area contributed by atoms with Gasteiger partial charge in [0.2, 0.25) is 0 Å². The zero-order valence-electron chi connectivity index (χ0n) is 17.6. The van der Waals surface area contributed by atoms with Crippen molar-refractivity contribution in [3.8, 4) is 0 Å². The molecule has 0 aliphatic carbocycles. The van der Waals surface area contributed by atoms with Crippen molar-refractivity contribution in [2.75, 3.05) is 26.8 Å². The first-order valence-electron chi connectivity index (χ1n) is 10.5. The zero-order valence-corrected chi connectivity index (χ0v) is 17.6. The lowest BCUT2D eigenvalue weighted by atomic mass is 10.1. The summed E-state index contributed by atoms with van der Waals surface area (Å²) in [6.07, 6.45) is 3.04. The summed E-state index contributed by atoms with van der Waals surface area (Å²) in [5.74, 6) is -0.188. The van der Waals surface area contributed by atoms with E-state index in [-0.39, 0.29) is 5.82 Å². The van der Waals surface area contributed by atoms with E-state index in [1.165, 1.54) is 6.07 Å². The topological polar surface area (TPSA) is 37.6 Å². The molecule has 1 unspecified atom stereocenters. The number of ether oxygens (including phenoxy) is 1. The largest absolute Gasteiger partial charge is 0.391 e. The molecular formula is C25H31FN2O2. The van der Waals surface area contributed by atoms with E-state index in [1.807, 2.05) is 54.7 Å². The van der Waals surface area contributed by atoms with Gasteiger partial charge in [-0.25, -0.2) is 4.39 Å². The van der Waals surface area contributed by atoms with Crippen molar-refractivity contribution < 1.29 is 14.2 Å². The predicted molar refractivity (Wildman–Crippen MR) is 118 cm³/mol. The third-order valence-electron chi connectivity index (χ3n) is 5.21. The Bertz CT molecular complexity index is 882. The number of aromatic nitrogens is 1. The van der Waals surface area contributed by atoms with Crippen molar-refractivity contribution >= 4 is 0 Å². The molecule has 0 aliphatic heterocycles. The molecule has 0 spiro atoms. The molecule has 160 valence electrons. The maximum atomic E-state index is 14.1. The summed E-state index contributed by atoms with van der Waals surface area (Å²) < 4.78 is 21.4. The Kier molecular flexibility index (Phi) is 8.63. The average Bonchev–Trinajstić information content (AvgIpc) is 3.17. The first-order valence-corrected chi connectivity index (χ1v) is 10.5. The average molecular weight is 411 g/mol. The second-order valence-electron chi connectivity index (χ2n) is 7.64. The highest BCUT2D eigenvalue weighted by Gasteiger charge is 2.15. The standard InChI is InChI=1S/C25H31FN2O2/c1-30-16-8-14-27(20-24(29)17-21-9-3-2-4-10-21)19-23-12-7-15-28(23)18-22-11-5-6-13-25(22)26/h2-7,9-13,15,24,29H,8,14,16-20H2,1H3. The van der Waals surface area contributed by atoms with Gasteiger partial charge in [-0.3, -0.25) is 4.90 Å². The molecule has 0 bridgehead atoms. The molecule has 0 aliphatic rings. The van der Waals surface area contributed by atoms with E-state index in [2.05, 4.69) is 15.5 Å². The lowest BCUT2D eigenvalue weighted by molar-refractivity contribution is 0.0981. The molecule has 30 heavy (non-hydrogen) atoms. The summed E-state index contributed by atoms with van der Waals surface area (Å²) in [6, 6.07) is 21.0. The van der Waals surface area contributed by atoms with Gasteiger partial charge >= 0.3 is 0 Å². The zero-order chi connectivity index (χ0) is 21.2. The first-order chi connectivity index (χ1) is 14.7. The number of aliphatic hydroxyl groups excluding tert-OH is 1. The van der Waals surface area contributed by atoms with E-state index in [4.69, 9.17) is 4.74 Å². The quantitative estimate of drug-likeness (QED) is 0.457.